The molecule has 1 aliphatic heterocycles. The smallest absolute Gasteiger partial charge is 0.223 e. The summed E-state index contributed by atoms with van der Waals surface area (Å²) in [5.74, 6) is 1.44. The van der Waals surface area contributed by atoms with Crippen LogP contribution < -0.4 is 0 Å². The fourth-order valence-corrected chi connectivity index (χ4v) is 3.36. The van der Waals surface area contributed by atoms with E-state index in [-0.39, 0.29) is 0 Å². The van der Waals surface area contributed by atoms with Crippen LogP contribution in [0.4, 0.5) is 0 Å². The molecule has 1 fully saturated rings. The number of hydrogen-bond donors (Lipinski definition) is 1. The molecular formula is C16H26N6O. The summed E-state index contributed by atoms with van der Waals surface area (Å²) in [7, 11) is 0. The monoisotopic (exact) mass is 318 g/mol. The van der Waals surface area contributed by atoms with Gasteiger partial charge in [0.05, 0.1) is 6.54 Å². The highest BCUT2D eigenvalue weighted by molar-refractivity contribution is 4.97. The first-order valence-electron chi connectivity index (χ1n) is 8.48. The molecule has 0 bridgehead atoms. The molecule has 0 amide bonds. The Morgan fingerprint density at radius 2 is 2.30 bits per heavy atom. The lowest BCUT2D eigenvalue weighted by molar-refractivity contribution is 0.170. The van der Waals surface area contributed by atoms with E-state index in [0.29, 0.717) is 11.9 Å². The third-order valence-electron chi connectivity index (χ3n) is 4.58. The summed E-state index contributed by atoms with van der Waals surface area (Å²) in [5.41, 5.74) is 1.19. The number of aromatic nitrogens is 4. The zero-order valence-electron chi connectivity index (χ0n) is 14.0. The number of aromatic amines is 1. The molecule has 1 aliphatic rings. The van der Waals surface area contributed by atoms with Gasteiger partial charge in [0.1, 0.15) is 0 Å². The topological polar surface area (TPSA) is 74.1 Å². The van der Waals surface area contributed by atoms with Crippen LogP contribution in [0, 0.1) is 6.92 Å². The molecule has 7 nitrogen and oxygen atoms in total. The number of aryl methyl sites for hydroxylation is 1. The predicted molar refractivity (Wildman–Crippen MR) is 86.6 cm³/mol. The first-order valence-corrected chi connectivity index (χ1v) is 8.48. The Morgan fingerprint density at radius 3 is 3.00 bits per heavy atom. The Hall–Kier alpha value is -1.73. The number of likely N-dealkylation sites (tertiary alicyclic amines) is 1. The summed E-state index contributed by atoms with van der Waals surface area (Å²) in [5, 5.41) is 11.1. The molecule has 3 heterocycles. The molecule has 0 aliphatic carbocycles. The van der Waals surface area contributed by atoms with Crippen LogP contribution in [0.2, 0.25) is 0 Å². The molecule has 0 spiro atoms. The van der Waals surface area contributed by atoms with Gasteiger partial charge in [-0.3, -0.25) is 14.9 Å². The molecule has 1 saturated heterocycles. The molecule has 1 unspecified atom stereocenters. The third-order valence-corrected chi connectivity index (χ3v) is 4.58. The van der Waals surface area contributed by atoms with Gasteiger partial charge in [-0.05, 0) is 38.4 Å². The van der Waals surface area contributed by atoms with Crippen LogP contribution >= 0.6 is 0 Å². The van der Waals surface area contributed by atoms with Crippen molar-refractivity contribution in [3.05, 3.63) is 29.7 Å². The SMILES string of the molecule is CCN(Cc1noc(C)n1)C1CCCN(Cc2ccn[nH]2)CC1. The van der Waals surface area contributed by atoms with Crippen LogP contribution in [-0.4, -0.2) is 55.8 Å². The maximum atomic E-state index is 5.09. The third kappa shape index (κ3) is 4.39. The minimum Gasteiger partial charge on any atom is -0.340 e. The Balaban J connectivity index is 1.55. The molecule has 2 aromatic heterocycles. The molecule has 0 radical (unpaired) electrons. The molecule has 23 heavy (non-hydrogen) atoms. The highest BCUT2D eigenvalue weighted by atomic mass is 16.5. The van der Waals surface area contributed by atoms with Crippen LogP contribution in [0.25, 0.3) is 0 Å². The zero-order valence-corrected chi connectivity index (χ0v) is 14.0. The Morgan fingerprint density at radius 1 is 1.39 bits per heavy atom. The minimum atomic E-state index is 0.588. The van der Waals surface area contributed by atoms with Gasteiger partial charge in [0.25, 0.3) is 0 Å². The van der Waals surface area contributed by atoms with Crippen molar-refractivity contribution in [2.24, 2.45) is 0 Å². The zero-order chi connectivity index (χ0) is 16.1. The van der Waals surface area contributed by atoms with E-state index in [1.165, 1.54) is 25.0 Å². The van der Waals surface area contributed by atoms with Gasteiger partial charge in [-0.25, -0.2) is 0 Å². The molecule has 0 saturated carbocycles. The average molecular weight is 318 g/mol. The van der Waals surface area contributed by atoms with Crippen molar-refractivity contribution in [1.82, 2.24) is 30.1 Å². The fourth-order valence-electron chi connectivity index (χ4n) is 3.36. The highest BCUT2D eigenvalue weighted by Gasteiger charge is 2.23. The number of hydrogen-bond acceptors (Lipinski definition) is 6. The maximum absolute atomic E-state index is 5.09. The molecule has 0 aromatic carbocycles. The van der Waals surface area contributed by atoms with Crippen molar-refractivity contribution in [3.63, 3.8) is 0 Å². The van der Waals surface area contributed by atoms with E-state index in [2.05, 4.69) is 43.1 Å². The van der Waals surface area contributed by atoms with Crippen LogP contribution in [0.3, 0.4) is 0 Å². The average Bonchev–Trinajstić information content (AvgIpc) is 3.14. The van der Waals surface area contributed by atoms with Crippen LogP contribution in [0.15, 0.2) is 16.8 Å². The maximum Gasteiger partial charge on any atom is 0.223 e. The fraction of sp³-hybridized carbons (Fsp3) is 0.688. The molecule has 2 aromatic rings. The van der Waals surface area contributed by atoms with E-state index in [1.54, 1.807) is 0 Å². The van der Waals surface area contributed by atoms with Gasteiger partial charge in [-0.15, -0.1) is 0 Å². The number of nitrogens with one attached hydrogen (secondary N) is 1. The van der Waals surface area contributed by atoms with Crippen molar-refractivity contribution in [1.29, 1.82) is 0 Å². The summed E-state index contributed by atoms with van der Waals surface area (Å²) in [6.07, 6.45) is 5.45. The first kappa shape index (κ1) is 16.1. The van der Waals surface area contributed by atoms with Gasteiger partial charge >= 0.3 is 0 Å². The predicted octanol–water partition coefficient (Wildman–Crippen LogP) is 1.98. The van der Waals surface area contributed by atoms with Crippen molar-refractivity contribution in [3.8, 4) is 0 Å². The van der Waals surface area contributed by atoms with Crippen molar-refractivity contribution >= 4 is 0 Å². The summed E-state index contributed by atoms with van der Waals surface area (Å²) in [6.45, 7) is 9.06. The molecule has 126 valence electrons. The quantitative estimate of drug-likeness (QED) is 0.878. The van der Waals surface area contributed by atoms with Gasteiger partial charge in [0.2, 0.25) is 5.89 Å². The first-order chi connectivity index (χ1) is 11.2. The van der Waals surface area contributed by atoms with E-state index in [0.717, 1.165) is 38.5 Å². The minimum absolute atomic E-state index is 0.588. The lowest BCUT2D eigenvalue weighted by Crippen LogP contribution is -2.36. The van der Waals surface area contributed by atoms with Gasteiger partial charge in [-0.1, -0.05) is 12.1 Å². The summed E-state index contributed by atoms with van der Waals surface area (Å²) in [4.78, 5) is 9.33. The van der Waals surface area contributed by atoms with Gasteiger partial charge in [0.15, 0.2) is 5.82 Å². The van der Waals surface area contributed by atoms with Crippen LogP contribution in [0.1, 0.15) is 43.6 Å². The second-order valence-corrected chi connectivity index (χ2v) is 6.24. The molecule has 7 heteroatoms. The van der Waals surface area contributed by atoms with Crippen LogP contribution in [-0.2, 0) is 13.1 Å². The standard InChI is InChI=1S/C16H26N6O/c1-3-22(12-16-18-13(2)23-20-16)15-5-4-9-21(10-7-15)11-14-6-8-17-19-14/h6,8,15H,3-5,7,9-12H2,1-2H3,(H,17,19). The molecular weight excluding hydrogens is 292 g/mol. The lowest BCUT2D eigenvalue weighted by Gasteiger charge is -2.28. The summed E-state index contributed by atoms with van der Waals surface area (Å²) >= 11 is 0. The van der Waals surface area contributed by atoms with Gasteiger partial charge in [-0.2, -0.15) is 10.1 Å². The largest absolute Gasteiger partial charge is 0.340 e. The molecule has 1 atom stereocenters. The summed E-state index contributed by atoms with van der Waals surface area (Å²) in [6, 6.07) is 2.64. The number of rotatable bonds is 6. The van der Waals surface area contributed by atoms with E-state index in [4.69, 9.17) is 4.52 Å². The molecule has 3 rings (SSSR count). The van der Waals surface area contributed by atoms with Crippen LogP contribution in [0.5, 0.6) is 0 Å². The van der Waals surface area contributed by atoms with Gasteiger partial charge in [0, 0.05) is 37.9 Å². The second kappa shape index (κ2) is 7.70. The highest BCUT2D eigenvalue weighted by Crippen LogP contribution is 2.19. The Labute approximate surface area is 137 Å². The normalized spacial score (nSPS) is 20.0. The van der Waals surface area contributed by atoms with E-state index in [9.17, 15) is 0 Å². The van der Waals surface area contributed by atoms with E-state index >= 15 is 0 Å². The lowest BCUT2D eigenvalue weighted by atomic mass is 10.1. The summed E-state index contributed by atoms with van der Waals surface area (Å²) < 4.78 is 5.09. The number of H-pyrrole nitrogens is 1. The molecule has 1 N–H and O–H groups in total. The van der Waals surface area contributed by atoms with E-state index < -0.39 is 0 Å². The van der Waals surface area contributed by atoms with Crippen molar-refractivity contribution < 1.29 is 4.52 Å². The van der Waals surface area contributed by atoms with E-state index in [1.807, 2.05) is 13.1 Å². The van der Waals surface area contributed by atoms with Crippen molar-refractivity contribution in [2.75, 3.05) is 19.6 Å². The number of nitrogens with zero attached hydrogens (tertiary/aromatic N) is 5. The van der Waals surface area contributed by atoms with Gasteiger partial charge < -0.3 is 4.52 Å². The second-order valence-electron chi connectivity index (χ2n) is 6.24. The Kier molecular flexibility index (Phi) is 5.40. The Bertz CT molecular complexity index is 581. The van der Waals surface area contributed by atoms with Crippen molar-refractivity contribution in [2.45, 2.75) is 52.2 Å².